The van der Waals surface area contributed by atoms with Crippen LogP contribution in [0.25, 0.3) is 0 Å². The van der Waals surface area contributed by atoms with Gasteiger partial charge in [-0.15, -0.1) is 0 Å². The normalized spacial score (nSPS) is 24.1. The molecule has 1 unspecified atom stereocenters. The van der Waals surface area contributed by atoms with Crippen molar-refractivity contribution in [2.45, 2.75) is 30.2 Å². The van der Waals surface area contributed by atoms with Gasteiger partial charge in [0.05, 0.1) is 6.61 Å². The van der Waals surface area contributed by atoms with E-state index in [-0.39, 0.29) is 6.61 Å². The number of hydrogen-bond donors (Lipinski definition) is 2. The van der Waals surface area contributed by atoms with Gasteiger partial charge in [-0.05, 0) is 16.7 Å². The minimum absolute atomic E-state index is 0.0662. The minimum Gasteiger partial charge on any atom is -0.387 e. The molecule has 1 saturated heterocycles. The molecule has 4 rings (SSSR count). The maximum Gasteiger partial charge on any atom is 0.186 e. The Morgan fingerprint density at radius 3 is 1.53 bits per heavy atom. The second-order valence-electron chi connectivity index (χ2n) is 7.35. The SMILES string of the molecule is COC1O[C@H](COC(c2ccccc2)(c2ccccc2)c2ccccc2)[C@H](O)[C@H]1O. The Labute approximate surface area is 176 Å². The van der Waals surface area contributed by atoms with Crippen LogP contribution in [0.15, 0.2) is 91.0 Å². The van der Waals surface area contributed by atoms with E-state index < -0.39 is 30.2 Å². The second-order valence-corrected chi connectivity index (χ2v) is 7.35. The third-order valence-electron chi connectivity index (χ3n) is 5.56. The highest BCUT2D eigenvalue weighted by atomic mass is 16.7. The van der Waals surface area contributed by atoms with Gasteiger partial charge in [0.1, 0.15) is 23.9 Å². The molecule has 1 aliphatic rings. The van der Waals surface area contributed by atoms with Gasteiger partial charge in [0.2, 0.25) is 0 Å². The van der Waals surface area contributed by atoms with Crippen molar-refractivity contribution in [1.82, 2.24) is 0 Å². The van der Waals surface area contributed by atoms with Crippen molar-refractivity contribution in [1.29, 1.82) is 0 Å². The molecule has 5 nitrogen and oxygen atoms in total. The summed E-state index contributed by atoms with van der Waals surface area (Å²) in [5, 5.41) is 20.6. The van der Waals surface area contributed by atoms with Gasteiger partial charge in [-0.3, -0.25) is 0 Å². The molecule has 4 atom stereocenters. The third kappa shape index (κ3) is 3.78. The standard InChI is InChI=1S/C25H26O5/c1-28-24-23(27)22(26)21(30-24)17-29-25(18-11-5-2-6-12-18,19-13-7-3-8-14-19)20-15-9-4-10-16-20/h2-16,21-24,26-27H,17H2,1H3/t21-,22+,23-,24?/m1/s1. The van der Waals surface area contributed by atoms with E-state index in [0.717, 1.165) is 16.7 Å². The average molecular weight is 406 g/mol. The molecule has 2 N–H and O–H groups in total. The Kier molecular flexibility index (Phi) is 6.27. The van der Waals surface area contributed by atoms with Crippen LogP contribution in [0.1, 0.15) is 16.7 Å². The van der Waals surface area contributed by atoms with Crippen molar-refractivity contribution >= 4 is 0 Å². The van der Waals surface area contributed by atoms with Crippen molar-refractivity contribution in [2.75, 3.05) is 13.7 Å². The summed E-state index contributed by atoms with van der Waals surface area (Å²) in [6.07, 6.45) is -3.83. The first kappa shape index (κ1) is 20.7. The van der Waals surface area contributed by atoms with Gasteiger partial charge in [-0.25, -0.2) is 0 Å². The van der Waals surface area contributed by atoms with Crippen molar-refractivity contribution < 1.29 is 24.4 Å². The van der Waals surface area contributed by atoms with E-state index in [1.54, 1.807) is 0 Å². The Hall–Kier alpha value is -2.54. The summed E-state index contributed by atoms with van der Waals surface area (Å²) in [5.74, 6) is 0. The zero-order chi connectivity index (χ0) is 21.0. The van der Waals surface area contributed by atoms with E-state index in [4.69, 9.17) is 14.2 Å². The first-order valence-electron chi connectivity index (χ1n) is 10.0. The second kappa shape index (κ2) is 9.08. The van der Waals surface area contributed by atoms with Crippen LogP contribution in [0.3, 0.4) is 0 Å². The maximum atomic E-state index is 10.4. The van der Waals surface area contributed by atoms with Crippen LogP contribution in [0, 0.1) is 0 Å². The Balaban J connectivity index is 1.78. The predicted molar refractivity (Wildman–Crippen MR) is 113 cm³/mol. The van der Waals surface area contributed by atoms with E-state index in [1.165, 1.54) is 7.11 Å². The quantitative estimate of drug-likeness (QED) is 0.590. The van der Waals surface area contributed by atoms with Crippen LogP contribution in [0.4, 0.5) is 0 Å². The fourth-order valence-corrected chi connectivity index (χ4v) is 4.02. The maximum absolute atomic E-state index is 10.4. The van der Waals surface area contributed by atoms with Crippen LogP contribution < -0.4 is 0 Å². The lowest BCUT2D eigenvalue weighted by Crippen LogP contribution is -2.39. The lowest BCUT2D eigenvalue weighted by Gasteiger charge is -2.37. The highest BCUT2D eigenvalue weighted by Gasteiger charge is 2.45. The molecular weight excluding hydrogens is 380 g/mol. The predicted octanol–water partition coefficient (Wildman–Crippen LogP) is 3.09. The van der Waals surface area contributed by atoms with Crippen LogP contribution in [-0.2, 0) is 19.8 Å². The Bertz CT molecular complexity index is 819. The largest absolute Gasteiger partial charge is 0.387 e. The van der Waals surface area contributed by atoms with Crippen molar-refractivity contribution in [3.63, 3.8) is 0 Å². The molecule has 0 aromatic heterocycles. The minimum atomic E-state index is -1.12. The van der Waals surface area contributed by atoms with Gasteiger partial charge < -0.3 is 24.4 Å². The molecule has 0 amide bonds. The van der Waals surface area contributed by atoms with E-state index >= 15 is 0 Å². The summed E-state index contributed by atoms with van der Waals surface area (Å²) in [6.45, 7) is 0.0662. The van der Waals surface area contributed by atoms with Gasteiger partial charge in [-0.1, -0.05) is 91.0 Å². The number of rotatable bonds is 7. The van der Waals surface area contributed by atoms with Crippen molar-refractivity contribution in [3.05, 3.63) is 108 Å². The average Bonchev–Trinajstić information content (AvgIpc) is 3.09. The first-order chi connectivity index (χ1) is 14.7. The molecule has 0 saturated carbocycles. The number of benzene rings is 3. The number of methoxy groups -OCH3 is 1. The first-order valence-corrected chi connectivity index (χ1v) is 10.0. The molecule has 156 valence electrons. The molecule has 0 aliphatic carbocycles. The van der Waals surface area contributed by atoms with E-state index in [1.807, 2.05) is 91.0 Å². The summed E-state index contributed by atoms with van der Waals surface area (Å²) in [5.41, 5.74) is 1.96. The lowest BCUT2D eigenvalue weighted by molar-refractivity contribution is -0.162. The van der Waals surface area contributed by atoms with E-state index in [0.29, 0.717) is 0 Å². The monoisotopic (exact) mass is 406 g/mol. The highest BCUT2D eigenvalue weighted by molar-refractivity contribution is 5.47. The molecule has 5 heteroatoms. The van der Waals surface area contributed by atoms with Gasteiger partial charge in [0, 0.05) is 7.11 Å². The molecule has 30 heavy (non-hydrogen) atoms. The van der Waals surface area contributed by atoms with Crippen molar-refractivity contribution in [2.24, 2.45) is 0 Å². The zero-order valence-corrected chi connectivity index (χ0v) is 16.8. The molecule has 1 aliphatic heterocycles. The van der Waals surface area contributed by atoms with E-state index in [2.05, 4.69) is 0 Å². The van der Waals surface area contributed by atoms with Crippen LogP contribution in [-0.4, -0.2) is 48.5 Å². The smallest absolute Gasteiger partial charge is 0.186 e. The van der Waals surface area contributed by atoms with Crippen LogP contribution >= 0.6 is 0 Å². The van der Waals surface area contributed by atoms with Gasteiger partial charge in [0.15, 0.2) is 6.29 Å². The van der Waals surface area contributed by atoms with Gasteiger partial charge >= 0.3 is 0 Å². The number of aliphatic hydroxyl groups is 2. The molecule has 3 aromatic rings. The number of hydrogen-bond acceptors (Lipinski definition) is 5. The highest BCUT2D eigenvalue weighted by Crippen LogP contribution is 2.41. The molecule has 0 bridgehead atoms. The number of aliphatic hydroxyl groups excluding tert-OH is 2. The summed E-state index contributed by atoms with van der Waals surface area (Å²) in [4.78, 5) is 0. The molecular formula is C25H26O5. The summed E-state index contributed by atoms with van der Waals surface area (Å²) >= 11 is 0. The fourth-order valence-electron chi connectivity index (χ4n) is 4.02. The molecule has 1 heterocycles. The van der Waals surface area contributed by atoms with E-state index in [9.17, 15) is 10.2 Å². The zero-order valence-electron chi connectivity index (χ0n) is 16.8. The molecule has 1 fully saturated rings. The Morgan fingerprint density at radius 1 is 0.733 bits per heavy atom. The van der Waals surface area contributed by atoms with Crippen LogP contribution in [0.2, 0.25) is 0 Å². The molecule has 0 spiro atoms. The Morgan fingerprint density at radius 2 is 1.17 bits per heavy atom. The van der Waals surface area contributed by atoms with Gasteiger partial charge in [0.25, 0.3) is 0 Å². The third-order valence-corrected chi connectivity index (χ3v) is 5.56. The lowest BCUT2D eigenvalue weighted by atomic mass is 9.80. The summed E-state index contributed by atoms with van der Waals surface area (Å²) in [7, 11) is 1.44. The van der Waals surface area contributed by atoms with Crippen LogP contribution in [0.5, 0.6) is 0 Å². The summed E-state index contributed by atoms with van der Waals surface area (Å²) < 4.78 is 17.4. The fraction of sp³-hybridized carbons (Fsp3) is 0.280. The summed E-state index contributed by atoms with van der Waals surface area (Å²) in [6, 6.07) is 29.9. The number of ether oxygens (including phenoxy) is 3. The molecule has 3 aromatic carbocycles. The molecule has 0 radical (unpaired) electrons. The van der Waals surface area contributed by atoms with Crippen molar-refractivity contribution in [3.8, 4) is 0 Å². The van der Waals surface area contributed by atoms with Gasteiger partial charge in [-0.2, -0.15) is 0 Å². The topological polar surface area (TPSA) is 68.2 Å².